The van der Waals surface area contributed by atoms with Gasteiger partial charge in [0.05, 0.1) is 6.10 Å². The second-order valence-electron chi connectivity index (χ2n) is 6.29. The van der Waals surface area contributed by atoms with Crippen LogP contribution in [-0.2, 0) is 9.47 Å². The maximum Gasteiger partial charge on any atom is 0.410 e. The Balaban J connectivity index is 2.24. The van der Waals surface area contributed by atoms with Gasteiger partial charge in [-0.2, -0.15) is 0 Å². The van der Waals surface area contributed by atoms with E-state index in [-0.39, 0.29) is 12.2 Å². The van der Waals surface area contributed by atoms with Gasteiger partial charge in [-0.25, -0.2) is 4.79 Å². The highest BCUT2D eigenvalue weighted by atomic mass is 16.6. The molecule has 0 spiro atoms. The van der Waals surface area contributed by atoms with Crippen LogP contribution >= 0.6 is 0 Å². The van der Waals surface area contributed by atoms with Gasteiger partial charge in [-0.15, -0.1) is 0 Å². The molecule has 1 fully saturated rings. The van der Waals surface area contributed by atoms with E-state index in [0.717, 1.165) is 32.6 Å². The SMILES string of the molecule is CO[C@@H](C)CNC[C@@H]1CCN(C(=O)OC(C)(C)C)C1. The number of nitrogens with one attached hydrogen (secondary N) is 1. The number of hydrogen-bond acceptors (Lipinski definition) is 4. The van der Waals surface area contributed by atoms with Crippen LogP contribution in [0.5, 0.6) is 0 Å². The second-order valence-corrected chi connectivity index (χ2v) is 6.29. The normalized spacial score (nSPS) is 21.5. The minimum Gasteiger partial charge on any atom is -0.444 e. The molecule has 0 radical (unpaired) electrons. The summed E-state index contributed by atoms with van der Waals surface area (Å²) in [4.78, 5) is 13.7. The quantitative estimate of drug-likeness (QED) is 0.830. The molecule has 0 unspecified atom stereocenters. The van der Waals surface area contributed by atoms with Gasteiger partial charge >= 0.3 is 6.09 Å². The Morgan fingerprint density at radius 1 is 1.47 bits per heavy atom. The van der Waals surface area contributed by atoms with E-state index in [1.165, 1.54) is 0 Å². The number of amides is 1. The Kier molecular flexibility index (Phi) is 6.07. The number of carbonyl (C=O) groups excluding carboxylic acids is 1. The van der Waals surface area contributed by atoms with Crippen LogP contribution in [0.25, 0.3) is 0 Å². The van der Waals surface area contributed by atoms with Gasteiger partial charge in [0.1, 0.15) is 5.60 Å². The van der Waals surface area contributed by atoms with Crippen LogP contribution in [0, 0.1) is 5.92 Å². The van der Waals surface area contributed by atoms with E-state index in [9.17, 15) is 4.79 Å². The Bertz CT molecular complexity index is 289. The molecule has 0 aliphatic carbocycles. The van der Waals surface area contributed by atoms with E-state index in [4.69, 9.17) is 9.47 Å². The van der Waals surface area contributed by atoms with E-state index < -0.39 is 5.60 Å². The van der Waals surface area contributed by atoms with Crippen LogP contribution in [0.1, 0.15) is 34.1 Å². The fourth-order valence-corrected chi connectivity index (χ4v) is 2.07. The van der Waals surface area contributed by atoms with Crippen LogP contribution in [0.3, 0.4) is 0 Å². The summed E-state index contributed by atoms with van der Waals surface area (Å²) >= 11 is 0. The number of methoxy groups -OCH3 is 1. The molecule has 0 bridgehead atoms. The van der Waals surface area contributed by atoms with Crippen LogP contribution in [0.4, 0.5) is 4.79 Å². The van der Waals surface area contributed by atoms with Crippen molar-refractivity contribution in [3.8, 4) is 0 Å². The molecule has 1 aliphatic heterocycles. The molecule has 1 rings (SSSR count). The summed E-state index contributed by atoms with van der Waals surface area (Å²) in [5.41, 5.74) is -0.415. The Morgan fingerprint density at radius 2 is 2.16 bits per heavy atom. The lowest BCUT2D eigenvalue weighted by Gasteiger charge is -2.24. The lowest BCUT2D eigenvalue weighted by molar-refractivity contribution is 0.0288. The molecule has 2 atom stereocenters. The Hall–Kier alpha value is -0.810. The number of likely N-dealkylation sites (tertiary alicyclic amines) is 1. The molecule has 19 heavy (non-hydrogen) atoms. The third kappa shape index (κ3) is 6.25. The fourth-order valence-electron chi connectivity index (χ4n) is 2.07. The molecular weight excluding hydrogens is 244 g/mol. The zero-order valence-electron chi connectivity index (χ0n) is 12.9. The first kappa shape index (κ1) is 16.2. The van der Waals surface area contributed by atoms with Crippen LogP contribution in [0.15, 0.2) is 0 Å². The minimum atomic E-state index is -0.415. The average Bonchev–Trinajstić information content (AvgIpc) is 2.75. The summed E-state index contributed by atoms with van der Waals surface area (Å²) in [6.07, 6.45) is 1.07. The van der Waals surface area contributed by atoms with Crippen LogP contribution in [0.2, 0.25) is 0 Å². The topological polar surface area (TPSA) is 50.8 Å². The summed E-state index contributed by atoms with van der Waals surface area (Å²) in [6, 6.07) is 0. The molecule has 0 aromatic heterocycles. The van der Waals surface area contributed by atoms with Crippen molar-refractivity contribution in [1.82, 2.24) is 10.2 Å². The zero-order chi connectivity index (χ0) is 14.5. The van der Waals surface area contributed by atoms with Crippen molar-refractivity contribution >= 4 is 6.09 Å². The lowest BCUT2D eigenvalue weighted by Crippen LogP contribution is -2.36. The van der Waals surface area contributed by atoms with E-state index in [2.05, 4.69) is 5.32 Å². The van der Waals surface area contributed by atoms with Gasteiger partial charge in [-0.3, -0.25) is 0 Å². The van der Waals surface area contributed by atoms with Crippen LogP contribution < -0.4 is 5.32 Å². The fraction of sp³-hybridized carbons (Fsp3) is 0.929. The highest BCUT2D eigenvalue weighted by molar-refractivity contribution is 5.68. The van der Waals surface area contributed by atoms with E-state index in [1.54, 1.807) is 12.0 Å². The highest BCUT2D eigenvalue weighted by Gasteiger charge is 2.29. The first-order chi connectivity index (χ1) is 8.81. The maximum absolute atomic E-state index is 11.9. The number of hydrogen-bond donors (Lipinski definition) is 1. The van der Waals surface area contributed by atoms with Crippen molar-refractivity contribution in [3.63, 3.8) is 0 Å². The zero-order valence-corrected chi connectivity index (χ0v) is 12.9. The van der Waals surface area contributed by atoms with Gasteiger partial charge in [-0.05, 0) is 46.6 Å². The Labute approximate surface area is 116 Å². The standard InChI is InChI=1S/C14H28N2O3/c1-11(18-5)8-15-9-12-6-7-16(10-12)13(17)19-14(2,3)4/h11-12,15H,6-10H2,1-5H3/t11-,12-/m0/s1. The van der Waals surface area contributed by atoms with E-state index in [0.29, 0.717) is 5.92 Å². The highest BCUT2D eigenvalue weighted by Crippen LogP contribution is 2.18. The number of carbonyl (C=O) groups is 1. The molecule has 0 aromatic carbocycles. The van der Waals surface area contributed by atoms with Crippen molar-refractivity contribution in [2.45, 2.75) is 45.8 Å². The van der Waals surface area contributed by atoms with Crippen molar-refractivity contribution in [2.75, 3.05) is 33.3 Å². The van der Waals surface area contributed by atoms with Crippen molar-refractivity contribution in [3.05, 3.63) is 0 Å². The number of ether oxygens (including phenoxy) is 2. The molecule has 1 heterocycles. The smallest absolute Gasteiger partial charge is 0.410 e. The molecule has 5 nitrogen and oxygen atoms in total. The van der Waals surface area contributed by atoms with Gasteiger partial charge < -0.3 is 19.7 Å². The number of rotatable bonds is 5. The molecule has 1 saturated heterocycles. The van der Waals surface area contributed by atoms with Crippen molar-refractivity contribution in [2.24, 2.45) is 5.92 Å². The van der Waals surface area contributed by atoms with E-state index >= 15 is 0 Å². The van der Waals surface area contributed by atoms with Gasteiger partial charge in [-0.1, -0.05) is 0 Å². The predicted octanol–water partition coefficient (Wildman–Crippen LogP) is 1.87. The molecular formula is C14H28N2O3. The largest absolute Gasteiger partial charge is 0.444 e. The van der Waals surface area contributed by atoms with Crippen LogP contribution in [-0.4, -0.2) is 56.0 Å². The second kappa shape index (κ2) is 7.10. The minimum absolute atomic E-state index is 0.194. The van der Waals surface area contributed by atoms with Gasteiger partial charge in [0.15, 0.2) is 0 Å². The first-order valence-corrected chi connectivity index (χ1v) is 7.03. The number of nitrogens with zero attached hydrogens (tertiary/aromatic N) is 1. The van der Waals surface area contributed by atoms with Crippen molar-refractivity contribution < 1.29 is 14.3 Å². The monoisotopic (exact) mass is 272 g/mol. The maximum atomic E-state index is 11.9. The molecule has 1 N–H and O–H groups in total. The van der Waals surface area contributed by atoms with E-state index in [1.807, 2.05) is 27.7 Å². The Morgan fingerprint density at radius 3 is 2.74 bits per heavy atom. The average molecular weight is 272 g/mol. The summed E-state index contributed by atoms with van der Waals surface area (Å²) in [6.45, 7) is 11.1. The summed E-state index contributed by atoms with van der Waals surface area (Å²) in [5, 5.41) is 3.38. The predicted molar refractivity (Wildman–Crippen MR) is 75.3 cm³/mol. The molecule has 0 aromatic rings. The summed E-state index contributed by atoms with van der Waals surface area (Å²) in [5.74, 6) is 0.511. The first-order valence-electron chi connectivity index (χ1n) is 7.03. The molecule has 0 saturated carbocycles. The molecule has 112 valence electrons. The van der Waals surface area contributed by atoms with Crippen molar-refractivity contribution in [1.29, 1.82) is 0 Å². The van der Waals surface area contributed by atoms with Gasteiger partial charge in [0, 0.05) is 26.7 Å². The van der Waals surface area contributed by atoms with Gasteiger partial charge in [0.2, 0.25) is 0 Å². The molecule has 1 amide bonds. The molecule has 1 aliphatic rings. The summed E-state index contributed by atoms with van der Waals surface area (Å²) < 4.78 is 10.6. The lowest BCUT2D eigenvalue weighted by atomic mass is 10.1. The molecule has 5 heteroatoms. The van der Waals surface area contributed by atoms with Gasteiger partial charge in [0.25, 0.3) is 0 Å². The third-order valence-electron chi connectivity index (χ3n) is 3.20. The summed E-state index contributed by atoms with van der Waals surface area (Å²) in [7, 11) is 1.71. The third-order valence-corrected chi connectivity index (χ3v) is 3.20.